The number of carbonyl (C=O) groups is 1. The van der Waals surface area contributed by atoms with Crippen molar-refractivity contribution in [1.29, 1.82) is 0 Å². The lowest BCUT2D eigenvalue weighted by Gasteiger charge is -2.34. The minimum Gasteiger partial charge on any atom is -0.466 e. The Kier molecular flexibility index (Phi) is 5.53. The number of hydrogen-bond acceptors (Lipinski definition) is 3. The van der Waals surface area contributed by atoms with Gasteiger partial charge < -0.3 is 9.32 Å². The Balaban J connectivity index is 1.47. The van der Waals surface area contributed by atoms with Crippen molar-refractivity contribution in [2.24, 2.45) is 0 Å². The molecule has 0 N–H and O–H groups in total. The van der Waals surface area contributed by atoms with Crippen LogP contribution in [0.1, 0.15) is 36.3 Å². The summed E-state index contributed by atoms with van der Waals surface area (Å²) in [6.45, 7) is 7.42. The highest BCUT2D eigenvalue weighted by Crippen LogP contribution is 2.22. The van der Waals surface area contributed by atoms with Crippen LogP contribution in [0.3, 0.4) is 0 Å². The minimum absolute atomic E-state index is 0.108. The van der Waals surface area contributed by atoms with E-state index < -0.39 is 0 Å². The molecule has 25 heavy (non-hydrogen) atoms. The molecule has 2 heterocycles. The molecule has 0 radical (unpaired) electrons. The van der Waals surface area contributed by atoms with Gasteiger partial charge >= 0.3 is 0 Å². The van der Waals surface area contributed by atoms with Crippen LogP contribution in [0.25, 0.3) is 0 Å². The molecule has 5 heteroatoms. The van der Waals surface area contributed by atoms with Crippen molar-refractivity contribution in [3.63, 3.8) is 0 Å². The zero-order valence-corrected chi connectivity index (χ0v) is 14.9. The second kappa shape index (κ2) is 7.83. The fraction of sp³-hybridized carbons (Fsp3) is 0.450. The number of rotatable bonds is 6. The van der Waals surface area contributed by atoms with Crippen LogP contribution in [0.4, 0.5) is 4.39 Å². The molecule has 0 aliphatic carbocycles. The molecule has 1 atom stereocenters. The third kappa shape index (κ3) is 4.69. The normalized spacial score (nSPS) is 17.1. The predicted molar refractivity (Wildman–Crippen MR) is 94.7 cm³/mol. The van der Waals surface area contributed by atoms with Gasteiger partial charge in [0.25, 0.3) is 0 Å². The molecule has 1 fully saturated rings. The first-order valence-corrected chi connectivity index (χ1v) is 8.82. The predicted octanol–water partition coefficient (Wildman–Crippen LogP) is 3.57. The SMILES string of the molecule is Cc1ccc(C(C)CCN2CCN(Cc3cccc(F)c3)C(=O)C2)o1. The van der Waals surface area contributed by atoms with E-state index in [1.165, 1.54) is 12.1 Å². The maximum atomic E-state index is 13.3. The maximum absolute atomic E-state index is 13.3. The number of furan rings is 1. The molecule has 1 amide bonds. The highest BCUT2D eigenvalue weighted by atomic mass is 19.1. The van der Waals surface area contributed by atoms with Crippen molar-refractivity contribution in [3.05, 3.63) is 59.3 Å². The summed E-state index contributed by atoms with van der Waals surface area (Å²) in [5, 5.41) is 0. The molecular formula is C20H25FN2O2. The van der Waals surface area contributed by atoms with Crippen molar-refractivity contribution in [3.8, 4) is 0 Å². The molecule has 2 aromatic rings. The van der Waals surface area contributed by atoms with Gasteiger partial charge in [0.15, 0.2) is 0 Å². The maximum Gasteiger partial charge on any atom is 0.237 e. The van der Waals surface area contributed by atoms with Crippen LogP contribution in [0.2, 0.25) is 0 Å². The Labute approximate surface area is 148 Å². The lowest BCUT2D eigenvalue weighted by molar-refractivity contribution is -0.136. The van der Waals surface area contributed by atoms with Crippen LogP contribution in [0, 0.1) is 12.7 Å². The molecule has 134 valence electrons. The van der Waals surface area contributed by atoms with E-state index in [9.17, 15) is 9.18 Å². The largest absolute Gasteiger partial charge is 0.466 e. The van der Waals surface area contributed by atoms with Crippen LogP contribution < -0.4 is 0 Å². The molecular weight excluding hydrogens is 319 g/mol. The summed E-state index contributed by atoms with van der Waals surface area (Å²) in [6.07, 6.45) is 0.962. The first-order chi connectivity index (χ1) is 12.0. The number of benzene rings is 1. The first-order valence-electron chi connectivity index (χ1n) is 8.82. The third-order valence-corrected chi connectivity index (χ3v) is 4.79. The van der Waals surface area contributed by atoms with Gasteiger partial charge in [-0.05, 0) is 49.7 Å². The van der Waals surface area contributed by atoms with E-state index in [4.69, 9.17) is 4.42 Å². The molecule has 0 bridgehead atoms. The van der Waals surface area contributed by atoms with E-state index in [1.54, 1.807) is 6.07 Å². The molecule has 1 aliphatic heterocycles. The van der Waals surface area contributed by atoms with Gasteiger partial charge in [-0.15, -0.1) is 0 Å². The second-order valence-electron chi connectivity index (χ2n) is 6.86. The average molecular weight is 344 g/mol. The van der Waals surface area contributed by atoms with Crippen molar-refractivity contribution >= 4 is 5.91 Å². The van der Waals surface area contributed by atoms with Gasteiger partial charge in [-0.1, -0.05) is 19.1 Å². The Morgan fingerprint density at radius 1 is 1.24 bits per heavy atom. The molecule has 3 rings (SSSR count). The first kappa shape index (κ1) is 17.7. The van der Waals surface area contributed by atoms with Crippen LogP contribution >= 0.6 is 0 Å². The molecule has 1 aromatic carbocycles. The van der Waals surface area contributed by atoms with Crippen molar-refractivity contribution < 1.29 is 13.6 Å². The van der Waals surface area contributed by atoms with Gasteiger partial charge in [-0.3, -0.25) is 9.69 Å². The van der Waals surface area contributed by atoms with E-state index in [2.05, 4.69) is 11.8 Å². The van der Waals surface area contributed by atoms with Gasteiger partial charge in [0.2, 0.25) is 5.91 Å². The second-order valence-corrected chi connectivity index (χ2v) is 6.86. The number of piperazine rings is 1. The smallest absolute Gasteiger partial charge is 0.237 e. The van der Waals surface area contributed by atoms with E-state index in [0.717, 1.165) is 36.6 Å². The number of aryl methyl sites for hydroxylation is 1. The average Bonchev–Trinajstić information content (AvgIpc) is 3.01. The third-order valence-electron chi connectivity index (χ3n) is 4.79. The summed E-state index contributed by atoms with van der Waals surface area (Å²) in [7, 11) is 0. The lowest BCUT2D eigenvalue weighted by atomic mass is 10.0. The van der Waals surface area contributed by atoms with Gasteiger partial charge in [0.1, 0.15) is 17.3 Å². The van der Waals surface area contributed by atoms with Crippen LogP contribution in [0.15, 0.2) is 40.8 Å². The number of halogens is 1. The Hall–Kier alpha value is -2.14. The highest BCUT2D eigenvalue weighted by Gasteiger charge is 2.24. The lowest BCUT2D eigenvalue weighted by Crippen LogP contribution is -2.50. The van der Waals surface area contributed by atoms with Crippen LogP contribution in [-0.4, -0.2) is 41.9 Å². The fourth-order valence-corrected chi connectivity index (χ4v) is 3.21. The topological polar surface area (TPSA) is 36.7 Å². The van der Waals surface area contributed by atoms with Crippen molar-refractivity contribution in [2.45, 2.75) is 32.7 Å². The van der Waals surface area contributed by atoms with Gasteiger partial charge in [-0.25, -0.2) is 4.39 Å². The molecule has 0 spiro atoms. The van der Waals surface area contributed by atoms with Crippen LogP contribution in [0.5, 0.6) is 0 Å². The molecule has 1 aromatic heterocycles. The summed E-state index contributed by atoms with van der Waals surface area (Å²) in [5.74, 6) is 2.13. The molecule has 0 saturated carbocycles. The zero-order chi connectivity index (χ0) is 17.8. The minimum atomic E-state index is -0.259. The van der Waals surface area contributed by atoms with Crippen molar-refractivity contribution in [1.82, 2.24) is 9.80 Å². The fourth-order valence-electron chi connectivity index (χ4n) is 3.21. The monoisotopic (exact) mass is 344 g/mol. The quantitative estimate of drug-likeness (QED) is 0.804. The van der Waals surface area contributed by atoms with E-state index in [-0.39, 0.29) is 11.7 Å². The van der Waals surface area contributed by atoms with Gasteiger partial charge in [0.05, 0.1) is 6.54 Å². The summed E-state index contributed by atoms with van der Waals surface area (Å²) in [5.41, 5.74) is 0.837. The zero-order valence-electron chi connectivity index (χ0n) is 14.9. The number of nitrogens with zero attached hydrogens (tertiary/aromatic N) is 2. The van der Waals surface area contributed by atoms with Crippen molar-refractivity contribution in [2.75, 3.05) is 26.2 Å². The highest BCUT2D eigenvalue weighted by molar-refractivity contribution is 5.79. The summed E-state index contributed by atoms with van der Waals surface area (Å²) >= 11 is 0. The number of hydrogen-bond donors (Lipinski definition) is 0. The van der Waals surface area contributed by atoms with Crippen LogP contribution in [-0.2, 0) is 11.3 Å². The Bertz CT molecular complexity index is 728. The van der Waals surface area contributed by atoms with E-state index in [0.29, 0.717) is 25.6 Å². The molecule has 1 unspecified atom stereocenters. The number of amides is 1. The van der Waals surface area contributed by atoms with E-state index in [1.807, 2.05) is 30.0 Å². The Morgan fingerprint density at radius 3 is 2.76 bits per heavy atom. The summed E-state index contributed by atoms with van der Waals surface area (Å²) < 4.78 is 19.0. The molecule has 4 nitrogen and oxygen atoms in total. The standard InChI is InChI=1S/C20H25FN2O2/c1-15(19-7-6-16(2)25-19)8-9-22-10-11-23(20(24)14-22)13-17-4-3-5-18(21)12-17/h3-7,12,15H,8-11,13-14H2,1-2H3. The Morgan fingerprint density at radius 2 is 2.08 bits per heavy atom. The van der Waals surface area contributed by atoms with Gasteiger partial charge in [-0.2, -0.15) is 0 Å². The number of carbonyl (C=O) groups excluding carboxylic acids is 1. The molecule has 1 aliphatic rings. The van der Waals surface area contributed by atoms with E-state index >= 15 is 0 Å². The summed E-state index contributed by atoms with van der Waals surface area (Å²) in [4.78, 5) is 16.4. The summed E-state index contributed by atoms with van der Waals surface area (Å²) in [6, 6.07) is 10.5. The molecule has 1 saturated heterocycles. The van der Waals surface area contributed by atoms with Gasteiger partial charge in [0, 0.05) is 25.6 Å².